The second kappa shape index (κ2) is 4.64. The van der Waals surface area contributed by atoms with E-state index in [4.69, 9.17) is 16.3 Å². The molecule has 2 aromatic rings. The maximum absolute atomic E-state index is 12.1. The number of hydrogen-bond donors (Lipinski definition) is 1. The molecule has 0 unspecified atom stereocenters. The maximum atomic E-state index is 12.1. The average molecular weight is 298 g/mol. The summed E-state index contributed by atoms with van der Waals surface area (Å²) in [6, 6.07) is 11.4. The van der Waals surface area contributed by atoms with Crippen molar-refractivity contribution in [1.82, 2.24) is 0 Å². The maximum Gasteiger partial charge on any atom is 0.256 e. The first-order valence-electron chi connectivity index (χ1n) is 6.79. The molecular weight excluding hydrogens is 286 g/mol. The van der Waals surface area contributed by atoms with Crippen molar-refractivity contribution >= 4 is 34.8 Å². The number of nitrogens with one attached hydrogen (secondary N) is 1. The van der Waals surface area contributed by atoms with Crippen LogP contribution in [-0.2, 0) is 11.2 Å². The van der Waals surface area contributed by atoms with Crippen LogP contribution in [0.1, 0.15) is 16.7 Å². The zero-order valence-corrected chi connectivity index (χ0v) is 11.9. The number of halogens is 1. The fourth-order valence-electron chi connectivity index (χ4n) is 2.77. The predicted molar refractivity (Wildman–Crippen MR) is 83.6 cm³/mol. The quantitative estimate of drug-likeness (QED) is 0.814. The Balaban J connectivity index is 1.80. The van der Waals surface area contributed by atoms with E-state index in [0.717, 1.165) is 35.6 Å². The van der Waals surface area contributed by atoms with Crippen molar-refractivity contribution in [3.8, 4) is 5.75 Å². The Bertz CT molecular complexity index is 795. The van der Waals surface area contributed by atoms with E-state index in [9.17, 15) is 4.79 Å². The molecule has 0 aliphatic carbocycles. The summed E-state index contributed by atoms with van der Waals surface area (Å²) in [5.74, 6) is 0.848. The van der Waals surface area contributed by atoms with Crippen LogP contribution in [0.25, 0.3) is 11.6 Å². The normalized spacial score (nSPS) is 17.4. The number of hydrogen-bond acceptors (Lipinski definition) is 2. The Morgan fingerprint density at radius 1 is 1.19 bits per heavy atom. The van der Waals surface area contributed by atoms with Gasteiger partial charge in [-0.15, -0.1) is 0 Å². The molecule has 2 aliphatic heterocycles. The monoisotopic (exact) mass is 297 g/mol. The van der Waals surface area contributed by atoms with Crippen LogP contribution >= 0.6 is 11.6 Å². The topological polar surface area (TPSA) is 38.3 Å². The number of fused-ring (bicyclic) bond motifs is 2. The van der Waals surface area contributed by atoms with Crippen molar-refractivity contribution in [2.24, 2.45) is 0 Å². The second-order valence-corrected chi connectivity index (χ2v) is 5.60. The van der Waals surface area contributed by atoms with Crippen LogP contribution in [0.4, 0.5) is 5.69 Å². The van der Waals surface area contributed by atoms with Gasteiger partial charge in [0.2, 0.25) is 0 Å². The van der Waals surface area contributed by atoms with Crippen molar-refractivity contribution in [2.45, 2.75) is 6.42 Å². The summed E-state index contributed by atoms with van der Waals surface area (Å²) in [5, 5.41) is 3.48. The lowest BCUT2D eigenvalue weighted by atomic mass is 10.0. The number of amides is 1. The Kier molecular flexibility index (Phi) is 2.76. The number of carbonyl (C=O) groups excluding carboxylic acids is 1. The lowest BCUT2D eigenvalue weighted by Gasteiger charge is -2.02. The van der Waals surface area contributed by atoms with Crippen molar-refractivity contribution in [3.05, 3.63) is 58.1 Å². The Labute approximate surface area is 127 Å². The molecule has 1 N–H and O–H groups in total. The van der Waals surface area contributed by atoms with Gasteiger partial charge in [-0.05, 0) is 47.5 Å². The highest BCUT2D eigenvalue weighted by atomic mass is 35.5. The van der Waals surface area contributed by atoms with Gasteiger partial charge in [-0.25, -0.2) is 0 Å². The third kappa shape index (κ3) is 2.10. The van der Waals surface area contributed by atoms with Crippen LogP contribution in [0.5, 0.6) is 5.75 Å². The summed E-state index contributed by atoms with van der Waals surface area (Å²) >= 11 is 6.03. The number of ether oxygens (including phenoxy) is 1. The SMILES string of the molecule is O=C1Nc2ccc(Cl)cc2/C1=C\c1ccc2c(c1)CCO2. The smallest absolute Gasteiger partial charge is 0.256 e. The molecule has 0 saturated heterocycles. The van der Waals surface area contributed by atoms with E-state index in [-0.39, 0.29) is 5.91 Å². The molecule has 0 radical (unpaired) electrons. The first-order chi connectivity index (χ1) is 10.2. The average Bonchev–Trinajstić information content (AvgIpc) is 3.04. The highest BCUT2D eigenvalue weighted by molar-refractivity contribution is 6.36. The Morgan fingerprint density at radius 3 is 3.00 bits per heavy atom. The minimum absolute atomic E-state index is 0.0935. The van der Waals surface area contributed by atoms with Crippen LogP contribution in [0.3, 0.4) is 0 Å². The summed E-state index contributed by atoms with van der Waals surface area (Å²) < 4.78 is 5.50. The van der Waals surface area contributed by atoms with Gasteiger partial charge in [0.15, 0.2) is 0 Å². The third-order valence-corrected chi connectivity index (χ3v) is 4.02. The second-order valence-electron chi connectivity index (χ2n) is 5.17. The van der Waals surface area contributed by atoms with Gasteiger partial charge in [-0.3, -0.25) is 4.79 Å². The van der Waals surface area contributed by atoms with Gasteiger partial charge in [0.1, 0.15) is 5.75 Å². The van der Waals surface area contributed by atoms with Crippen LogP contribution in [0, 0.1) is 0 Å². The van der Waals surface area contributed by atoms with Gasteiger partial charge in [0.25, 0.3) is 5.91 Å². The molecule has 2 aliphatic rings. The highest BCUT2D eigenvalue weighted by Gasteiger charge is 2.24. The fraction of sp³-hybridized carbons (Fsp3) is 0.118. The van der Waals surface area contributed by atoms with Crippen molar-refractivity contribution in [3.63, 3.8) is 0 Å². The van der Waals surface area contributed by atoms with E-state index < -0.39 is 0 Å². The number of rotatable bonds is 1. The van der Waals surface area contributed by atoms with Crippen LogP contribution in [0.15, 0.2) is 36.4 Å². The molecule has 0 fully saturated rings. The van der Waals surface area contributed by atoms with Gasteiger partial charge < -0.3 is 10.1 Å². The Hall–Kier alpha value is -2.26. The molecule has 0 spiro atoms. The summed E-state index contributed by atoms with van der Waals surface area (Å²) in [4.78, 5) is 12.1. The molecule has 3 nitrogen and oxygen atoms in total. The van der Waals surface area contributed by atoms with Gasteiger partial charge in [-0.2, -0.15) is 0 Å². The van der Waals surface area contributed by atoms with Crippen molar-refractivity contribution in [1.29, 1.82) is 0 Å². The van der Waals surface area contributed by atoms with E-state index >= 15 is 0 Å². The van der Waals surface area contributed by atoms with Crippen LogP contribution < -0.4 is 10.1 Å². The number of carbonyl (C=O) groups is 1. The molecule has 104 valence electrons. The van der Waals surface area contributed by atoms with Crippen LogP contribution in [-0.4, -0.2) is 12.5 Å². The minimum atomic E-state index is -0.0935. The van der Waals surface area contributed by atoms with E-state index in [1.54, 1.807) is 6.07 Å². The first-order valence-corrected chi connectivity index (χ1v) is 7.17. The summed E-state index contributed by atoms with van der Waals surface area (Å²) in [7, 11) is 0. The van der Waals surface area contributed by atoms with Crippen molar-refractivity contribution in [2.75, 3.05) is 11.9 Å². The molecule has 4 rings (SSSR count). The molecule has 21 heavy (non-hydrogen) atoms. The number of benzene rings is 2. The summed E-state index contributed by atoms with van der Waals surface area (Å²) in [6.45, 7) is 0.730. The standard InChI is InChI=1S/C17H12ClNO2/c18-12-2-3-15-13(9-12)14(17(20)19-15)8-10-1-4-16-11(7-10)5-6-21-16/h1-4,7-9H,5-6H2,(H,19,20)/b14-8+. The van der Waals surface area contributed by atoms with Gasteiger partial charge in [-0.1, -0.05) is 17.7 Å². The molecule has 1 amide bonds. The van der Waals surface area contributed by atoms with Crippen molar-refractivity contribution < 1.29 is 9.53 Å². The fourth-order valence-corrected chi connectivity index (χ4v) is 2.94. The van der Waals surface area contributed by atoms with Gasteiger partial charge >= 0.3 is 0 Å². The van der Waals surface area contributed by atoms with E-state index in [1.165, 1.54) is 5.56 Å². The lowest BCUT2D eigenvalue weighted by molar-refractivity contribution is -0.110. The zero-order valence-electron chi connectivity index (χ0n) is 11.2. The lowest BCUT2D eigenvalue weighted by Crippen LogP contribution is -2.03. The largest absolute Gasteiger partial charge is 0.493 e. The molecule has 2 heterocycles. The molecule has 0 atom stereocenters. The zero-order chi connectivity index (χ0) is 14.4. The highest BCUT2D eigenvalue weighted by Crippen LogP contribution is 2.35. The molecule has 2 aromatic carbocycles. The first kappa shape index (κ1) is 12.5. The predicted octanol–water partition coefficient (Wildman–Crippen LogP) is 3.77. The van der Waals surface area contributed by atoms with E-state index in [0.29, 0.717) is 10.6 Å². The molecule has 0 aromatic heterocycles. The van der Waals surface area contributed by atoms with Crippen LogP contribution in [0.2, 0.25) is 5.02 Å². The van der Waals surface area contributed by atoms with Gasteiger partial charge in [0.05, 0.1) is 6.61 Å². The third-order valence-electron chi connectivity index (χ3n) is 3.79. The molecule has 0 saturated carbocycles. The Morgan fingerprint density at radius 2 is 2.10 bits per heavy atom. The molecular formula is C17H12ClNO2. The van der Waals surface area contributed by atoms with Gasteiger partial charge in [0, 0.05) is 28.3 Å². The summed E-state index contributed by atoms with van der Waals surface area (Å²) in [6.07, 6.45) is 2.82. The summed E-state index contributed by atoms with van der Waals surface area (Å²) in [5.41, 5.74) is 4.49. The van der Waals surface area contributed by atoms with E-state index in [1.807, 2.05) is 30.3 Å². The number of anilines is 1. The molecule has 4 heteroatoms. The van der Waals surface area contributed by atoms with E-state index in [2.05, 4.69) is 11.4 Å². The minimum Gasteiger partial charge on any atom is -0.493 e. The molecule has 0 bridgehead atoms.